The van der Waals surface area contributed by atoms with Crippen molar-refractivity contribution in [2.75, 3.05) is 12.4 Å². The molecule has 4 heteroatoms. The van der Waals surface area contributed by atoms with Gasteiger partial charge < -0.3 is 5.32 Å². The van der Waals surface area contributed by atoms with Crippen LogP contribution in [-0.4, -0.2) is 17.0 Å². The molecule has 0 aliphatic rings. The number of hydrogen-bond acceptors (Lipinski definition) is 3. The molecule has 1 aromatic carbocycles. The highest BCUT2D eigenvalue weighted by Gasteiger charge is 2.04. The van der Waals surface area contributed by atoms with E-state index in [0.29, 0.717) is 0 Å². The first-order chi connectivity index (χ1) is 6.86. The number of anilines is 1. The maximum absolute atomic E-state index is 4.28. The molecule has 0 saturated carbocycles. The maximum Gasteiger partial charge on any atom is 0.137 e. The molecule has 1 N–H and O–H groups in total. The molecule has 0 aliphatic heterocycles. The van der Waals surface area contributed by atoms with E-state index in [0.717, 1.165) is 22.1 Å². The Balaban J connectivity index is 2.77. The fraction of sp³-hybridized carbons (Fsp3) is 0.200. The second kappa shape index (κ2) is 3.92. The Morgan fingerprint density at radius 1 is 1.36 bits per heavy atom. The predicted octanol–water partition coefficient (Wildman–Crippen LogP) is 2.57. The Bertz CT molecular complexity index is 413. The fourth-order valence-corrected chi connectivity index (χ4v) is 1.91. The number of hydrogen-bond donors (Lipinski definition) is 1. The zero-order valence-corrected chi connectivity index (χ0v) is 9.37. The number of para-hydroxylation sites is 1. The minimum absolute atomic E-state index is 0.810. The zero-order valence-electron chi connectivity index (χ0n) is 7.79. The average molecular weight is 252 g/mol. The zero-order chi connectivity index (χ0) is 9.97. The number of aromatic nitrogens is 2. The number of rotatable bonds is 2. The Morgan fingerprint density at radius 3 is 2.93 bits per heavy atom. The topological polar surface area (TPSA) is 37.8 Å². The molecule has 0 fully saturated rings. The van der Waals surface area contributed by atoms with E-state index < -0.39 is 0 Å². The van der Waals surface area contributed by atoms with Gasteiger partial charge in [0, 0.05) is 17.8 Å². The normalized spacial score (nSPS) is 10.4. The Hall–Kier alpha value is -1.16. The number of benzene rings is 1. The van der Waals surface area contributed by atoms with Gasteiger partial charge >= 0.3 is 0 Å². The van der Waals surface area contributed by atoms with Crippen LogP contribution in [0.2, 0.25) is 0 Å². The van der Waals surface area contributed by atoms with Crippen molar-refractivity contribution in [2.45, 2.75) is 5.33 Å². The molecule has 72 valence electrons. The van der Waals surface area contributed by atoms with Gasteiger partial charge in [-0.1, -0.05) is 28.1 Å². The SMILES string of the molecule is CNc1ncnc2c(CBr)cccc12. The van der Waals surface area contributed by atoms with E-state index in [-0.39, 0.29) is 0 Å². The van der Waals surface area contributed by atoms with E-state index in [4.69, 9.17) is 0 Å². The average Bonchev–Trinajstić information content (AvgIpc) is 2.27. The number of nitrogens with zero attached hydrogens (tertiary/aromatic N) is 2. The van der Waals surface area contributed by atoms with Crippen LogP contribution in [0.3, 0.4) is 0 Å². The summed E-state index contributed by atoms with van der Waals surface area (Å²) in [6.07, 6.45) is 1.58. The Labute approximate surface area is 90.7 Å². The van der Waals surface area contributed by atoms with Crippen LogP contribution in [0.4, 0.5) is 5.82 Å². The summed E-state index contributed by atoms with van der Waals surface area (Å²) in [6, 6.07) is 6.10. The van der Waals surface area contributed by atoms with Gasteiger partial charge in [-0.2, -0.15) is 0 Å². The van der Waals surface area contributed by atoms with Crippen LogP contribution in [0.25, 0.3) is 10.9 Å². The second-order valence-corrected chi connectivity index (χ2v) is 3.48. The van der Waals surface area contributed by atoms with Crippen molar-refractivity contribution in [3.05, 3.63) is 30.1 Å². The number of alkyl halides is 1. The van der Waals surface area contributed by atoms with E-state index in [1.165, 1.54) is 5.56 Å². The largest absolute Gasteiger partial charge is 0.373 e. The lowest BCUT2D eigenvalue weighted by Crippen LogP contribution is -1.96. The molecule has 1 heterocycles. The van der Waals surface area contributed by atoms with Crippen molar-refractivity contribution in [3.63, 3.8) is 0 Å². The molecule has 0 saturated heterocycles. The first-order valence-electron chi connectivity index (χ1n) is 4.33. The summed E-state index contributed by atoms with van der Waals surface area (Å²) in [5.74, 6) is 0.873. The third-order valence-electron chi connectivity index (χ3n) is 2.13. The third kappa shape index (κ3) is 1.46. The van der Waals surface area contributed by atoms with E-state index in [9.17, 15) is 0 Å². The summed E-state index contributed by atoms with van der Waals surface area (Å²) in [5.41, 5.74) is 2.19. The molecular weight excluding hydrogens is 242 g/mol. The summed E-state index contributed by atoms with van der Waals surface area (Å²) in [4.78, 5) is 8.44. The van der Waals surface area contributed by atoms with Crippen LogP contribution >= 0.6 is 15.9 Å². The van der Waals surface area contributed by atoms with Crippen molar-refractivity contribution in [2.24, 2.45) is 0 Å². The molecule has 0 atom stereocenters. The van der Waals surface area contributed by atoms with E-state index in [1.807, 2.05) is 19.2 Å². The van der Waals surface area contributed by atoms with Crippen molar-refractivity contribution < 1.29 is 0 Å². The van der Waals surface area contributed by atoms with Gasteiger partial charge in [0.2, 0.25) is 0 Å². The summed E-state index contributed by atoms with van der Waals surface area (Å²) in [7, 11) is 1.86. The molecule has 0 amide bonds. The van der Waals surface area contributed by atoms with Crippen LogP contribution in [0.1, 0.15) is 5.56 Å². The number of nitrogens with one attached hydrogen (secondary N) is 1. The van der Waals surface area contributed by atoms with Crippen LogP contribution in [0.5, 0.6) is 0 Å². The lowest BCUT2D eigenvalue weighted by atomic mass is 10.1. The molecular formula is C10H10BrN3. The molecule has 1 aromatic heterocycles. The van der Waals surface area contributed by atoms with Gasteiger partial charge in [-0.25, -0.2) is 9.97 Å². The van der Waals surface area contributed by atoms with Gasteiger partial charge in [-0.05, 0) is 11.6 Å². The van der Waals surface area contributed by atoms with Crippen molar-refractivity contribution in [1.82, 2.24) is 9.97 Å². The highest BCUT2D eigenvalue weighted by atomic mass is 79.9. The highest BCUT2D eigenvalue weighted by molar-refractivity contribution is 9.08. The molecule has 14 heavy (non-hydrogen) atoms. The van der Waals surface area contributed by atoms with E-state index in [1.54, 1.807) is 6.33 Å². The van der Waals surface area contributed by atoms with E-state index >= 15 is 0 Å². The quantitative estimate of drug-likeness (QED) is 0.834. The number of halogens is 1. The van der Waals surface area contributed by atoms with Crippen molar-refractivity contribution >= 4 is 32.7 Å². The fourth-order valence-electron chi connectivity index (χ4n) is 1.46. The smallest absolute Gasteiger partial charge is 0.137 e. The lowest BCUT2D eigenvalue weighted by Gasteiger charge is -2.05. The second-order valence-electron chi connectivity index (χ2n) is 2.92. The van der Waals surface area contributed by atoms with Crippen LogP contribution in [-0.2, 0) is 5.33 Å². The Kier molecular flexibility index (Phi) is 2.63. The van der Waals surface area contributed by atoms with E-state index in [2.05, 4.69) is 37.3 Å². The van der Waals surface area contributed by atoms with Crippen molar-refractivity contribution in [3.8, 4) is 0 Å². The van der Waals surface area contributed by atoms with Crippen molar-refractivity contribution in [1.29, 1.82) is 0 Å². The Morgan fingerprint density at radius 2 is 2.21 bits per heavy atom. The standard InChI is InChI=1S/C10H10BrN3/c1-12-10-8-4-2-3-7(5-11)9(8)13-6-14-10/h2-4,6H,5H2,1H3,(H,12,13,14). The molecule has 0 unspecified atom stereocenters. The highest BCUT2D eigenvalue weighted by Crippen LogP contribution is 2.22. The predicted molar refractivity (Wildman–Crippen MR) is 61.7 cm³/mol. The maximum atomic E-state index is 4.28. The van der Waals surface area contributed by atoms with Gasteiger partial charge in [-0.3, -0.25) is 0 Å². The van der Waals surface area contributed by atoms with Gasteiger partial charge in [0.05, 0.1) is 5.52 Å². The molecule has 0 spiro atoms. The molecule has 2 aromatic rings. The third-order valence-corrected chi connectivity index (χ3v) is 2.73. The minimum atomic E-state index is 0.810. The van der Waals surface area contributed by atoms with Gasteiger partial charge in [0.1, 0.15) is 12.1 Å². The van der Waals surface area contributed by atoms with Gasteiger partial charge in [-0.15, -0.1) is 0 Å². The first kappa shape index (κ1) is 9.40. The molecule has 0 aliphatic carbocycles. The molecule has 2 rings (SSSR count). The summed E-state index contributed by atoms with van der Waals surface area (Å²) < 4.78 is 0. The van der Waals surface area contributed by atoms with Crippen LogP contribution < -0.4 is 5.32 Å². The minimum Gasteiger partial charge on any atom is -0.373 e. The first-order valence-corrected chi connectivity index (χ1v) is 5.45. The monoisotopic (exact) mass is 251 g/mol. The van der Waals surface area contributed by atoms with Crippen LogP contribution in [0.15, 0.2) is 24.5 Å². The lowest BCUT2D eigenvalue weighted by molar-refractivity contribution is 1.20. The molecule has 0 radical (unpaired) electrons. The van der Waals surface area contributed by atoms with Crippen LogP contribution in [0, 0.1) is 0 Å². The molecule has 3 nitrogen and oxygen atoms in total. The van der Waals surface area contributed by atoms with Gasteiger partial charge in [0.15, 0.2) is 0 Å². The molecule has 0 bridgehead atoms. The van der Waals surface area contributed by atoms with Gasteiger partial charge in [0.25, 0.3) is 0 Å². The summed E-state index contributed by atoms with van der Waals surface area (Å²) in [5, 5.41) is 4.93. The number of fused-ring (bicyclic) bond motifs is 1. The summed E-state index contributed by atoms with van der Waals surface area (Å²) >= 11 is 3.44. The summed E-state index contributed by atoms with van der Waals surface area (Å²) in [6.45, 7) is 0.